The molecule has 2 amide bonds. The maximum atomic E-state index is 13.7. The standard InChI is InChI=1S/C26H21N5O3/c32-25-29(22-14-8-3-9-15-22)27-26(20-10-4-1-5-11-20,21-12-6-2-7-13-21)28-30(25)23-16-18-24(19-17-23)31(33)34/h1-19,27-28H. The number of anilines is 2. The maximum absolute atomic E-state index is 13.7. The van der Waals surface area contributed by atoms with E-state index >= 15 is 0 Å². The van der Waals surface area contributed by atoms with Crippen LogP contribution in [0.3, 0.4) is 0 Å². The number of carbonyl (C=O) groups is 1. The molecule has 168 valence electrons. The fraction of sp³-hybridized carbons (Fsp3) is 0.0385. The lowest BCUT2D eigenvalue weighted by Crippen LogP contribution is -2.75. The number of rotatable bonds is 5. The van der Waals surface area contributed by atoms with Gasteiger partial charge in [-0.1, -0.05) is 78.9 Å². The van der Waals surface area contributed by atoms with Crippen LogP contribution in [0.4, 0.5) is 21.9 Å². The molecule has 0 spiro atoms. The minimum atomic E-state index is -1.02. The van der Waals surface area contributed by atoms with Crippen molar-refractivity contribution in [3.05, 3.63) is 137 Å². The van der Waals surface area contributed by atoms with E-state index in [1.807, 2.05) is 91.0 Å². The Kier molecular flexibility index (Phi) is 5.51. The summed E-state index contributed by atoms with van der Waals surface area (Å²) in [6.07, 6.45) is 0. The molecule has 8 nitrogen and oxygen atoms in total. The van der Waals surface area contributed by atoms with Crippen LogP contribution in [-0.2, 0) is 5.66 Å². The lowest BCUT2D eigenvalue weighted by Gasteiger charge is -2.49. The molecular weight excluding hydrogens is 430 g/mol. The van der Waals surface area contributed by atoms with Gasteiger partial charge in [-0.25, -0.2) is 14.8 Å². The molecule has 1 aliphatic heterocycles. The fourth-order valence-electron chi connectivity index (χ4n) is 4.01. The number of nitrogens with one attached hydrogen (secondary N) is 2. The second kappa shape index (κ2) is 8.78. The number of hydrogen-bond donors (Lipinski definition) is 2. The van der Waals surface area contributed by atoms with Crippen LogP contribution >= 0.6 is 0 Å². The average molecular weight is 451 g/mol. The first kappa shape index (κ1) is 21.3. The van der Waals surface area contributed by atoms with E-state index in [9.17, 15) is 14.9 Å². The summed E-state index contributed by atoms with van der Waals surface area (Å²) in [5, 5.41) is 14.0. The Labute approximate surface area is 196 Å². The molecule has 1 aliphatic rings. The van der Waals surface area contributed by atoms with Gasteiger partial charge in [0.15, 0.2) is 5.66 Å². The van der Waals surface area contributed by atoms with E-state index in [4.69, 9.17) is 0 Å². The zero-order valence-electron chi connectivity index (χ0n) is 18.0. The summed E-state index contributed by atoms with van der Waals surface area (Å²) in [4.78, 5) is 24.4. The van der Waals surface area contributed by atoms with Crippen LogP contribution in [0.15, 0.2) is 115 Å². The van der Waals surface area contributed by atoms with Crippen LogP contribution in [0.5, 0.6) is 0 Å². The summed E-state index contributed by atoms with van der Waals surface area (Å²) in [6, 6.07) is 34.2. The first-order valence-corrected chi connectivity index (χ1v) is 10.7. The number of benzene rings is 4. The third-order valence-corrected chi connectivity index (χ3v) is 5.69. The zero-order valence-corrected chi connectivity index (χ0v) is 18.0. The number of nitrogens with zero attached hydrogens (tertiary/aromatic N) is 3. The molecule has 0 saturated carbocycles. The normalized spacial score (nSPS) is 15.2. The fourth-order valence-corrected chi connectivity index (χ4v) is 4.01. The summed E-state index contributed by atoms with van der Waals surface area (Å²) >= 11 is 0. The van der Waals surface area contributed by atoms with E-state index in [1.165, 1.54) is 22.2 Å². The van der Waals surface area contributed by atoms with Crippen molar-refractivity contribution in [3.8, 4) is 0 Å². The van der Waals surface area contributed by atoms with Gasteiger partial charge in [0.25, 0.3) is 5.69 Å². The van der Waals surface area contributed by atoms with E-state index < -0.39 is 10.6 Å². The van der Waals surface area contributed by atoms with E-state index in [-0.39, 0.29) is 11.7 Å². The van der Waals surface area contributed by atoms with Gasteiger partial charge in [0, 0.05) is 12.1 Å². The molecule has 34 heavy (non-hydrogen) atoms. The Hall–Kier alpha value is -4.53. The first-order valence-electron chi connectivity index (χ1n) is 10.7. The molecule has 0 aromatic heterocycles. The van der Waals surface area contributed by atoms with Crippen LogP contribution in [0.2, 0.25) is 0 Å². The highest BCUT2D eigenvalue weighted by Gasteiger charge is 2.46. The number of non-ortho nitro benzene ring substituents is 1. The summed E-state index contributed by atoms with van der Waals surface area (Å²) in [7, 11) is 0. The van der Waals surface area contributed by atoms with Crippen LogP contribution in [0.1, 0.15) is 11.1 Å². The quantitative estimate of drug-likeness (QED) is 0.331. The van der Waals surface area contributed by atoms with Crippen molar-refractivity contribution in [2.45, 2.75) is 5.66 Å². The third-order valence-electron chi connectivity index (χ3n) is 5.69. The Morgan fingerprint density at radius 3 is 1.47 bits per heavy atom. The summed E-state index contributed by atoms with van der Waals surface area (Å²) in [6.45, 7) is 0. The number of hydrazine groups is 2. The number of carbonyl (C=O) groups excluding carboxylic acids is 1. The molecule has 2 N–H and O–H groups in total. The Morgan fingerprint density at radius 1 is 0.618 bits per heavy atom. The van der Waals surface area contributed by atoms with Gasteiger partial charge in [-0.05, 0) is 35.4 Å². The Balaban J connectivity index is 1.69. The van der Waals surface area contributed by atoms with Crippen molar-refractivity contribution >= 4 is 23.1 Å². The molecule has 4 aromatic rings. The number of para-hydroxylation sites is 1. The Morgan fingerprint density at radius 2 is 1.03 bits per heavy atom. The van der Waals surface area contributed by atoms with E-state index in [1.54, 1.807) is 12.1 Å². The SMILES string of the molecule is O=C1N(c2ccccc2)NC(c2ccccc2)(c2ccccc2)NN1c1ccc([N+](=O)[O-])cc1. The van der Waals surface area contributed by atoms with Crippen molar-refractivity contribution in [1.29, 1.82) is 0 Å². The van der Waals surface area contributed by atoms with Crippen LogP contribution < -0.4 is 20.9 Å². The molecule has 8 heteroatoms. The minimum absolute atomic E-state index is 0.0522. The monoisotopic (exact) mass is 451 g/mol. The molecule has 1 saturated heterocycles. The molecule has 0 aliphatic carbocycles. The van der Waals surface area contributed by atoms with E-state index in [2.05, 4.69) is 10.9 Å². The van der Waals surface area contributed by atoms with Gasteiger partial charge < -0.3 is 0 Å². The van der Waals surface area contributed by atoms with Crippen LogP contribution in [-0.4, -0.2) is 11.0 Å². The highest BCUT2D eigenvalue weighted by molar-refractivity contribution is 6.03. The molecule has 0 unspecified atom stereocenters. The smallest absolute Gasteiger partial charge is 0.258 e. The number of nitro groups is 1. The first-order chi connectivity index (χ1) is 16.6. The topological polar surface area (TPSA) is 90.8 Å². The second-order valence-electron chi connectivity index (χ2n) is 7.77. The summed E-state index contributed by atoms with van der Waals surface area (Å²) in [5.41, 5.74) is 8.59. The van der Waals surface area contributed by atoms with Crippen LogP contribution in [0.25, 0.3) is 0 Å². The van der Waals surface area contributed by atoms with Gasteiger partial charge >= 0.3 is 6.03 Å². The molecule has 0 atom stereocenters. The van der Waals surface area contributed by atoms with Gasteiger partial charge in [0.1, 0.15) is 0 Å². The minimum Gasteiger partial charge on any atom is -0.258 e. The zero-order chi connectivity index (χ0) is 23.5. The van der Waals surface area contributed by atoms with Gasteiger partial charge in [-0.3, -0.25) is 10.1 Å². The van der Waals surface area contributed by atoms with Crippen molar-refractivity contribution in [2.75, 3.05) is 10.0 Å². The molecule has 0 radical (unpaired) electrons. The molecule has 4 aromatic carbocycles. The molecular formula is C26H21N5O3. The predicted molar refractivity (Wildman–Crippen MR) is 130 cm³/mol. The van der Waals surface area contributed by atoms with Crippen molar-refractivity contribution in [1.82, 2.24) is 10.9 Å². The highest BCUT2D eigenvalue weighted by atomic mass is 16.6. The second-order valence-corrected chi connectivity index (χ2v) is 7.77. The van der Waals surface area contributed by atoms with Gasteiger partial charge in [0.05, 0.1) is 16.3 Å². The molecule has 5 rings (SSSR count). The number of urea groups is 1. The van der Waals surface area contributed by atoms with Gasteiger partial charge in [-0.15, -0.1) is 0 Å². The number of amides is 2. The predicted octanol–water partition coefficient (Wildman–Crippen LogP) is 4.95. The van der Waals surface area contributed by atoms with Crippen molar-refractivity contribution in [2.24, 2.45) is 0 Å². The third kappa shape index (κ3) is 3.77. The lowest BCUT2D eigenvalue weighted by atomic mass is 9.91. The molecule has 1 fully saturated rings. The average Bonchev–Trinajstić information content (AvgIpc) is 2.90. The Bertz CT molecular complexity index is 1260. The summed E-state index contributed by atoms with van der Waals surface area (Å²) < 4.78 is 0. The van der Waals surface area contributed by atoms with Gasteiger partial charge in [-0.2, -0.15) is 10.9 Å². The van der Waals surface area contributed by atoms with Crippen LogP contribution in [0, 0.1) is 10.1 Å². The van der Waals surface area contributed by atoms with E-state index in [0.29, 0.717) is 11.4 Å². The van der Waals surface area contributed by atoms with E-state index in [0.717, 1.165) is 11.1 Å². The van der Waals surface area contributed by atoms with Gasteiger partial charge in [0.2, 0.25) is 0 Å². The highest BCUT2D eigenvalue weighted by Crippen LogP contribution is 2.34. The summed E-state index contributed by atoms with van der Waals surface area (Å²) in [5.74, 6) is 0. The number of nitro benzene ring substituents is 1. The lowest BCUT2D eigenvalue weighted by molar-refractivity contribution is -0.384. The van der Waals surface area contributed by atoms with Crippen molar-refractivity contribution < 1.29 is 9.72 Å². The molecule has 1 heterocycles. The largest absolute Gasteiger partial charge is 0.358 e. The number of hydrogen-bond acceptors (Lipinski definition) is 5. The maximum Gasteiger partial charge on any atom is 0.358 e. The van der Waals surface area contributed by atoms with Crippen molar-refractivity contribution in [3.63, 3.8) is 0 Å². The molecule has 0 bridgehead atoms.